The monoisotopic (exact) mass is 260 g/mol. The number of nitrogens with zero attached hydrogens (tertiary/aromatic N) is 1. The summed E-state index contributed by atoms with van der Waals surface area (Å²) in [6.45, 7) is 0. The van der Waals surface area contributed by atoms with Gasteiger partial charge in [0, 0.05) is 23.8 Å². The fourth-order valence-corrected chi connectivity index (χ4v) is 3.19. The molecule has 0 saturated heterocycles. The first-order chi connectivity index (χ1) is 9.83. The number of aromatic nitrogens is 1. The minimum absolute atomic E-state index is 0.218. The quantitative estimate of drug-likeness (QED) is 0.721. The number of fused-ring (bicyclic) bond motifs is 2. The van der Waals surface area contributed by atoms with Crippen LogP contribution in [0.4, 0.5) is 0 Å². The van der Waals surface area contributed by atoms with Gasteiger partial charge in [0.1, 0.15) is 0 Å². The van der Waals surface area contributed by atoms with E-state index in [0.717, 1.165) is 12.8 Å². The Morgan fingerprint density at radius 3 is 3.00 bits per heavy atom. The summed E-state index contributed by atoms with van der Waals surface area (Å²) < 4.78 is 0. The average Bonchev–Trinajstić information content (AvgIpc) is 2.87. The van der Waals surface area contributed by atoms with Gasteiger partial charge in [0.25, 0.3) is 0 Å². The maximum atomic E-state index is 6.12. The van der Waals surface area contributed by atoms with Crippen LogP contribution in [-0.4, -0.2) is 4.98 Å². The Balaban J connectivity index is 1.92. The highest BCUT2D eigenvalue weighted by Gasteiger charge is 2.19. The Hall–Kier alpha value is -2.19. The Labute approximate surface area is 118 Å². The molecule has 0 bridgehead atoms. The van der Waals surface area contributed by atoms with Gasteiger partial charge >= 0.3 is 0 Å². The molecule has 2 N–H and O–H groups in total. The first-order valence-electron chi connectivity index (χ1n) is 7.04. The number of rotatable bonds is 1. The molecule has 2 heteroatoms. The molecule has 0 amide bonds. The summed E-state index contributed by atoms with van der Waals surface area (Å²) in [4.78, 5) is 4.20. The van der Waals surface area contributed by atoms with Gasteiger partial charge in [-0.2, -0.15) is 0 Å². The Morgan fingerprint density at radius 1 is 1.10 bits per heavy atom. The Kier molecular flexibility index (Phi) is 2.57. The molecule has 0 spiro atoms. The third-order valence-electron chi connectivity index (χ3n) is 4.26. The van der Waals surface area contributed by atoms with Crippen LogP contribution in [0.3, 0.4) is 0 Å². The number of benzene rings is 2. The van der Waals surface area contributed by atoms with Gasteiger partial charge in [0.05, 0.1) is 0 Å². The second kappa shape index (κ2) is 4.43. The van der Waals surface area contributed by atoms with E-state index in [-0.39, 0.29) is 6.04 Å². The normalized spacial score (nSPS) is 17.4. The van der Waals surface area contributed by atoms with Crippen LogP contribution in [0, 0.1) is 0 Å². The fraction of sp³-hybridized carbons (Fsp3) is 0.167. The van der Waals surface area contributed by atoms with Crippen LogP contribution >= 0.6 is 0 Å². The van der Waals surface area contributed by atoms with Crippen molar-refractivity contribution in [1.29, 1.82) is 0 Å². The summed E-state index contributed by atoms with van der Waals surface area (Å²) in [7, 11) is 0. The van der Waals surface area contributed by atoms with Crippen molar-refractivity contribution in [3.63, 3.8) is 0 Å². The molecule has 1 unspecified atom stereocenters. The van der Waals surface area contributed by atoms with Crippen LogP contribution in [0.25, 0.3) is 21.9 Å². The molecule has 2 nitrogen and oxygen atoms in total. The van der Waals surface area contributed by atoms with Gasteiger partial charge in [0.15, 0.2) is 0 Å². The number of hydrogen-bond donors (Lipinski definition) is 1. The summed E-state index contributed by atoms with van der Waals surface area (Å²) in [6.07, 6.45) is 5.94. The molecule has 1 heterocycles. The van der Waals surface area contributed by atoms with Gasteiger partial charge in [-0.15, -0.1) is 0 Å². The van der Waals surface area contributed by atoms with Crippen molar-refractivity contribution in [2.45, 2.75) is 18.9 Å². The largest absolute Gasteiger partial charge is 0.324 e. The molecule has 0 fully saturated rings. The lowest BCUT2D eigenvalue weighted by molar-refractivity contribution is 0.713. The minimum atomic E-state index is 0.218. The molecule has 0 saturated carbocycles. The number of pyridine rings is 1. The van der Waals surface area contributed by atoms with Crippen molar-refractivity contribution in [1.82, 2.24) is 4.98 Å². The molecule has 20 heavy (non-hydrogen) atoms. The van der Waals surface area contributed by atoms with Gasteiger partial charge in [-0.05, 0) is 46.5 Å². The van der Waals surface area contributed by atoms with E-state index in [1.165, 1.54) is 33.0 Å². The molecule has 3 aromatic rings. The predicted octanol–water partition coefficient (Wildman–Crippen LogP) is 3.85. The third kappa shape index (κ3) is 1.73. The number of hydrogen-bond acceptors (Lipinski definition) is 2. The molecule has 0 aliphatic heterocycles. The highest BCUT2D eigenvalue weighted by molar-refractivity contribution is 5.96. The van der Waals surface area contributed by atoms with Crippen LogP contribution < -0.4 is 5.73 Å². The highest BCUT2D eigenvalue weighted by Crippen LogP contribution is 2.34. The minimum Gasteiger partial charge on any atom is -0.324 e. The van der Waals surface area contributed by atoms with Gasteiger partial charge in [0.2, 0.25) is 0 Å². The molecule has 98 valence electrons. The van der Waals surface area contributed by atoms with Crippen molar-refractivity contribution in [3.8, 4) is 11.1 Å². The topological polar surface area (TPSA) is 38.9 Å². The summed E-state index contributed by atoms with van der Waals surface area (Å²) >= 11 is 0. The van der Waals surface area contributed by atoms with Crippen LogP contribution in [-0.2, 0) is 6.42 Å². The second-order valence-corrected chi connectivity index (χ2v) is 5.46. The van der Waals surface area contributed by atoms with E-state index < -0.39 is 0 Å². The molecule has 1 atom stereocenters. The van der Waals surface area contributed by atoms with E-state index >= 15 is 0 Å². The van der Waals surface area contributed by atoms with Gasteiger partial charge in [-0.1, -0.05) is 36.4 Å². The summed E-state index contributed by atoms with van der Waals surface area (Å²) in [5, 5.41) is 2.44. The standard InChI is InChI=1S/C18H16N2/c19-18-7-5-13-10-12(4-6-17(13)18)15-3-1-2-14-11-20-9-8-16(14)15/h1-4,6,8-11,18H,5,7,19H2. The van der Waals surface area contributed by atoms with Crippen molar-refractivity contribution < 1.29 is 0 Å². The van der Waals surface area contributed by atoms with Gasteiger partial charge in [-0.3, -0.25) is 4.98 Å². The average molecular weight is 260 g/mol. The van der Waals surface area contributed by atoms with E-state index in [0.29, 0.717) is 0 Å². The van der Waals surface area contributed by atoms with E-state index in [4.69, 9.17) is 5.73 Å². The fourth-order valence-electron chi connectivity index (χ4n) is 3.19. The highest BCUT2D eigenvalue weighted by atomic mass is 14.6. The van der Waals surface area contributed by atoms with Crippen molar-refractivity contribution in [2.24, 2.45) is 5.73 Å². The molecule has 1 aliphatic carbocycles. The van der Waals surface area contributed by atoms with E-state index in [1.54, 1.807) is 0 Å². The van der Waals surface area contributed by atoms with Crippen LogP contribution in [0.1, 0.15) is 23.6 Å². The molecule has 4 rings (SSSR count). The van der Waals surface area contributed by atoms with E-state index in [9.17, 15) is 0 Å². The number of aryl methyl sites for hydroxylation is 1. The summed E-state index contributed by atoms with van der Waals surface area (Å²) in [5.41, 5.74) is 11.4. The van der Waals surface area contributed by atoms with Crippen molar-refractivity contribution in [3.05, 3.63) is 66.0 Å². The van der Waals surface area contributed by atoms with E-state index in [1.807, 2.05) is 12.4 Å². The first kappa shape index (κ1) is 11.6. The van der Waals surface area contributed by atoms with Crippen LogP contribution in [0.5, 0.6) is 0 Å². The lowest BCUT2D eigenvalue weighted by Crippen LogP contribution is -2.04. The maximum Gasteiger partial charge on any atom is 0.0346 e. The smallest absolute Gasteiger partial charge is 0.0346 e. The SMILES string of the molecule is NC1CCc2cc(-c3cccc4cnccc34)ccc21. The summed E-state index contributed by atoms with van der Waals surface area (Å²) in [6, 6.07) is 15.4. The van der Waals surface area contributed by atoms with Crippen molar-refractivity contribution in [2.75, 3.05) is 0 Å². The van der Waals surface area contributed by atoms with Gasteiger partial charge < -0.3 is 5.73 Å². The molecule has 1 aromatic heterocycles. The van der Waals surface area contributed by atoms with Crippen LogP contribution in [0.15, 0.2) is 54.9 Å². The maximum absolute atomic E-state index is 6.12. The lowest BCUT2D eigenvalue weighted by Gasteiger charge is -2.10. The zero-order valence-electron chi connectivity index (χ0n) is 11.2. The second-order valence-electron chi connectivity index (χ2n) is 5.46. The van der Waals surface area contributed by atoms with Crippen LogP contribution in [0.2, 0.25) is 0 Å². The van der Waals surface area contributed by atoms with Crippen molar-refractivity contribution >= 4 is 10.8 Å². The summed E-state index contributed by atoms with van der Waals surface area (Å²) in [5.74, 6) is 0. The predicted molar refractivity (Wildman–Crippen MR) is 82.4 cm³/mol. The molecule has 1 aliphatic rings. The van der Waals surface area contributed by atoms with Gasteiger partial charge in [-0.25, -0.2) is 0 Å². The zero-order chi connectivity index (χ0) is 13.5. The lowest BCUT2D eigenvalue weighted by atomic mass is 9.96. The Morgan fingerprint density at radius 2 is 2.05 bits per heavy atom. The molecular formula is C18H16N2. The molecular weight excluding hydrogens is 244 g/mol. The Bertz CT molecular complexity index is 787. The molecule has 2 aromatic carbocycles. The molecule has 0 radical (unpaired) electrons. The van der Waals surface area contributed by atoms with E-state index in [2.05, 4.69) is 47.4 Å². The first-order valence-corrected chi connectivity index (χ1v) is 7.04. The third-order valence-corrected chi connectivity index (χ3v) is 4.26. The number of nitrogens with two attached hydrogens (primary N) is 1. The zero-order valence-corrected chi connectivity index (χ0v) is 11.2.